The van der Waals surface area contributed by atoms with Crippen molar-refractivity contribution < 1.29 is 56.8 Å². The number of rotatable bonds is 36. The van der Waals surface area contributed by atoms with Crippen LogP contribution in [0.15, 0.2) is 72.9 Å². The topological polar surface area (TPSA) is 186 Å². The van der Waals surface area contributed by atoms with E-state index >= 15 is 0 Å². The second-order valence-corrected chi connectivity index (χ2v) is 16.9. The van der Waals surface area contributed by atoms with Gasteiger partial charge in [-0.2, -0.15) is 8.42 Å². The molecule has 1 heterocycles. The number of hydrogen-bond acceptors (Lipinski definition) is 11. The van der Waals surface area contributed by atoms with E-state index < -0.39 is 71.2 Å². The summed E-state index contributed by atoms with van der Waals surface area (Å²) in [5.74, 6) is -2.05. The molecule has 0 bridgehead atoms. The molecule has 0 radical (unpaired) electrons. The molecular formula is C47H78O12S. The fourth-order valence-corrected chi connectivity index (χ4v) is 6.92. The lowest BCUT2D eigenvalue weighted by molar-refractivity contribution is -0.297. The van der Waals surface area contributed by atoms with Gasteiger partial charge >= 0.3 is 11.9 Å². The van der Waals surface area contributed by atoms with Crippen LogP contribution < -0.4 is 0 Å². The number of allylic oxidation sites excluding steroid dienone is 12. The molecule has 1 saturated heterocycles. The highest BCUT2D eigenvalue weighted by Gasteiger charge is 2.46. The zero-order valence-electron chi connectivity index (χ0n) is 36.5. The summed E-state index contributed by atoms with van der Waals surface area (Å²) >= 11 is 0. The summed E-state index contributed by atoms with van der Waals surface area (Å²) in [4.78, 5) is 25.4. The zero-order valence-corrected chi connectivity index (χ0v) is 37.3. The van der Waals surface area contributed by atoms with Gasteiger partial charge in [0.1, 0.15) is 36.8 Å². The minimum absolute atomic E-state index is 0.120. The van der Waals surface area contributed by atoms with Crippen LogP contribution in [-0.4, -0.2) is 96.0 Å². The third-order valence-electron chi connectivity index (χ3n) is 9.74. The molecule has 2 unspecified atom stereocenters. The van der Waals surface area contributed by atoms with Gasteiger partial charge in [0.15, 0.2) is 12.4 Å². The molecule has 12 nitrogen and oxygen atoms in total. The molecule has 0 saturated carbocycles. The third-order valence-corrected chi connectivity index (χ3v) is 10.5. The van der Waals surface area contributed by atoms with Crippen molar-refractivity contribution in [3.05, 3.63) is 72.9 Å². The van der Waals surface area contributed by atoms with Crippen LogP contribution in [0.3, 0.4) is 0 Å². The van der Waals surface area contributed by atoms with Crippen LogP contribution in [0.5, 0.6) is 0 Å². The van der Waals surface area contributed by atoms with Gasteiger partial charge in [-0.15, -0.1) is 0 Å². The van der Waals surface area contributed by atoms with Gasteiger partial charge in [0.25, 0.3) is 10.1 Å². The zero-order chi connectivity index (χ0) is 44.1. The lowest BCUT2D eigenvalue weighted by Gasteiger charge is -2.40. The molecule has 0 aromatic rings. The Balaban J connectivity index is 2.50. The molecule has 0 aliphatic carbocycles. The van der Waals surface area contributed by atoms with E-state index in [0.717, 1.165) is 89.9 Å². The van der Waals surface area contributed by atoms with Crippen LogP contribution in [0.25, 0.3) is 0 Å². The van der Waals surface area contributed by atoms with Gasteiger partial charge in [-0.25, -0.2) is 0 Å². The van der Waals surface area contributed by atoms with Crippen molar-refractivity contribution in [2.24, 2.45) is 0 Å². The molecule has 6 atom stereocenters. The van der Waals surface area contributed by atoms with Crippen LogP contribution in [0.4, 0.5) is 0 Å². The van der Waals surface area contributed by atoms with Crippen LogP contribution in [-0.2, 0) is 38.7 Å². The molecule has 344 valence electrons. The first-order chi connectivity index (χ1) is 29.0. The maximum atomic E-state index is 12.8. The Morgan fingerprint density at radius 3 is 1.57 bits per heavy atom. The van der Waals surface area contributed by atoms with Gasteiger partial charge in [-0.1, -0.05) is 132 Å². The highest BCUT2D eigenvalue weighted by atomic mass is 32.2. The van der Waals surface area contributed by atoms with Gasteiger partial charge in [0.05, 0.1) is 6.61 Å². The quantitative estimate of drug-likeness (QED) is 0.0203. The average Bonchev–Trinajstić information content (AvgIpc) is 3.21. The number of esters is 2. The van der Waals surface area contributed by atoms with E-state index in [4.69, 9.17) is 18.9 Å². The summed E-state index contributed by atoms with van der Waals surface area (Å²) in [6.07, 6.45) is 36.5. The van der Waals surface area contributed by atoms with E-state index in [0.29, 0.717) is 12.8 Å². The Bertz CT molecular complexity index is 1390. The van der Waals surface area contributed by atoms with Gasteiger partial charge in [-0.05, 0) is 83.5 Å². The summed E-state index contributed by atoms with van der Waals surface area (Å²) in [7, 11) is -4.61. The molecule has 13 heteroatoms. The molecule has 0 amide bonds. The van der Waals surface area contributed by atoms with Crippen LogP contribution in [0, 0.1) is 0 Å². The second kappa shape index (κ2) is 36.7. The largest absolute Gasteiger partial charge is 0.462 e. The average molecular weight is 867 g/mol. The van der Waals surface area contributed by atoms with Crippen LogP contribution in [0.1, 0.15) is 155 Å². The molecule has 1 rings (SSSR count). The highest BCUT2D eigenvalue weighted by molar-refractivity contribution is 7.85. The summed E-state index contributed by atoms with van der Waals surface area (Å²) in [6.45, 7) is 3.61. The monoisotopic (exact) mass is 867 g/mol. The van der Waals surface area contributed by atoms with Crippen molar-refractivity contribution in [1.29, 1.82) is 0 Å². The second-order valence-electron chi connectivity index (χ2n) is 15.4. The first-order valence-electron chi connectivity index (χ1n) is 22.5. The van der Waals surface area contributed by atoms with Crippen molar-refractivity contribution in [2.45, 2.75) is 192 Å². The SMILES string of the molecule is CCC/C=C/C/C=C/C/C=C/C/C=C/CCCCCC(=O)O[C@H](COC(=O)CCCCCCC/C=C/C/C=C/CCCCC)CO[C@H]1O[C@H](CS(=O)(=O)O)[C@@H](O)C(O)C1O. The van der Waals surface area contributed by atoms with Crippen molar-refractivity contribution in [3.8, 4) is 0 Å². The summed E-state index contributed by atoms with van der Waals surface area (Å²) in [6, 6.07) is 0. The first kappa shape index (κ1) is 55.1. The van der Waals surface area contributed by atoms with Gasteiger partial charge in [0, 0.05) is 12.8 Å². The van der Waals surface area contributed by atoms with Crippen molar-refractivity contribution in [3.63, 3.8) is 0 Å². The van der Waals surface area contributed by atoms with Crippen LogP contribution in [0.2, 0.25) is 0 Å². The molecule has 1 aliphatic rings. The Morgan fingerprint density at radius 1 is 0.567 bits per heavy atom. The normalized spacial score (nSPS) is 20.8. The highest BCUT2D eigenvalue weighted by Crippen LogP contribution is 2.24. The predicted octanol–water partition coefficient (Wildman–Crippen LogP) is 9.11. The maximum Gasteiger partial charge on any atom is 0.306 e. The number of ether oxygens (including phenoxy) is 4. The molecule has 1 fully saturated rings. The number of aliphatic hydroxyl groups is 3. The minimum Gasteiger partial charge on any atom is -0.462 e. The lowest BCUT2D eigenvalue weighted by Crippen LogP contribution is -2.60. The molecular weight excluding hydrogens is 789 g/mol. The van der Waals surface area contributed by atoms with E-state index in [2.05, 4.69) is 86.8 Å². The Morgan fingerprint density at radius 2 is 1.03 bits per heavy atom. The van der Waals surface area contributed by atoms with Gasteiger partial charge < -0.3 is 34.3 Å². The fraction of sp³-hybridized carbons (Fsp3) is 0.702. The molecule has 0 aromatic heterocycles. The Hall–Kier alpha value is -2.91. The van der Waals surface area contributed by atoms with Gasteiger partial charge in [0.2, 0.25) is 0 Å². The predicted molar refractivity (Wildman–Crippen MR) is 238 cm³/mol. The van der Waals surface area contributed by atoms with Crippen LogP contribution >= 0.6 is 0 Å². The molecule has 60 heavy (non-hydrogen) atoms. The standard InChI is InChI=1S/C47H78O12S/c1-3-5-7-9-11-13-15-17-19-20-22-24-26-28-30-32-34-36-43(49)58-40(38-57-47-46(52)45(51)44(50)41(59-47)39-60(53,54)55)37-56-42(48)35-33-31-29-27-25-23-21-18-16-14-12-10-8-6-4-2/h7,9,12-15,18-21,24,26,40-41,44-47,50-52H,3-6,8,10-11,16-17,22-23,25,27-39H2,1-2H3,(H,53,54,55)/b9-7+,14-12+,15-13+,20-19+,21-18+,26-24+/t40-,41-,44-,45?,46?,47+/m1/s1. The molecule has 1 aliphatic heterocycles. The van der Waals surface area contributed by atoms with E-state index in [9.17, 15) is 37.9 Å². The van der Waals surface area contributed by atoms with Crippen molar-refractivity contribution in [2.75, 3.05) is 19.0 Å². The summed E-state index contributed by atoms with van der Waals surface area (Å²) < 4.78 is 54.0. The molecule has 0 spiro atoms. The summed E-state index contributed by atoms with van der Waals surface area (Å²) in [5, 5.41) is 30.9. The number of hydrogen-bond donors (Lipinski definition) is 4. The van der Waals surface area contributed by atoms with E-state index in [1.165, 1.54) is 25.7 Å². The van der Waals surface area contributed by atoms with E-state index in [1.807, 2.05) is 0 Å². The smallest absolute Gasteiger partial charge is 0.306 e. The number of carbonyl (C=O) groups is 2. The van der Waals surface area contributed by atoms with E-state index in [1.54, 1.807) is 0 Å². The fourth-order valence-electron chi connectivity index (χ4n) is 6.23. The molecule has 4 N–H and O–H groups in total. The third kappa shape index (κ3) is 31.0. The number of unbranched alkanes of at least 4 members (excludes halogenated alkanes) is 12. The molecule has 0 aromatic carbocycles. The Labute approximate surface area is 361 Å². The minimum atomic E-state index is -4.61. The number of aliphatic hydroxyl groups excluding tert-OH is 3. The van der Waals surface area contributed by atoms with E-state index in [-0.39, 0.29) is 19.4 Å². The van der Waals surface area contributed by atoms with Crippen molar-refractivity contribution >= 4 is 22.1 Å². The lowest BCUT2D eigenvalue weighted by atomic mass is 10.00. The summed E-state index contributed by atoms with van der Waals surface area (Å²) in [5.41, 5.74) is 0. The van der Waals surface area contributed by atoms with Crippen molar-refractivity contribution in [1.82, 2.24) is 0 Å². The maximum absolute atomic E-state index is 12.8. The Kier molecular flexibility index (Phi) is 33.7. The number of carbonyl (C=O) groups excluding carboxylic acids is 2. The first-order valence-corrected chi connectivity index (χ1v) is 24.1. The van der Waals surface area contributed by atoms with Gasteiger partial charge in [-0.3, -0.25) is 14.1 Å².